The zero-order chi connectivity index (χ0) is 5.98. The molecule has 1 atom stereocenters. The van der Waals surface area contributed by atoms with Crippen molar-refractivity contribution < 1.29 is 5.11 Å². The van der Waals surface area contributed by atoms with Crippen LogP contribution in [0.3, 0.4) is 0 Å². The van der Waals surface area contributed by atoms with Crippen LogP contribution in [0.4, 0.5) is 0 Å². The summed E-state index contributed by atoms with van der Waals surface area (Å²) in [7, 11) is 0. The SMILES string of the molecule is OC(CNI)C1CC1. The van der Waals surface area contributed by atoms with Crippen LogP contribution in [-0.4, -0.2) is 17.8 Å². The van der Waals surface area contributed by atoms with E-state index < -0.39 is 0 Å². The first kappa shape index (κ1) is 6.77. The predicted octanol–water partition coefficient (Wildman–Crippen LogP) is 0.697. The molecule has 0 saturated heterocycles. The molecule has 1 rings (SSSR count). The summed E-state index contributed by atoms with van der Waals surface area (Å²) in [6.45, 7) is 0.741. The van der Waals surface area contributed by atoms with Crippen molar-refractivity contribution in [1.82, 2.24) is 3.53 Å². The zero-order valence-corrected chi connectivity index (χ0v) is 6.76. The Balaban J connectivity index is 2.03. The number of hydrogen-bond acceptors (Lipinski definition) is 2. The zero-order valence-electron chi connectivity index (χ0n) is 4.60. The molecule has 2 N–H and O–H groups in total. The number of rotatable bonds is 3. The van der Waals surface area contributed by atoms with Crippen molar-refractivity contribution in [2.45, 2.75) is 18.9 Å². The lowest BCUT2D eigenvalue weighted by atomic mass is 10.2. The third kappa shape index (κ3) is 1.87. The van der Waals surface area contributed by atoms with E-state index in [4.69, 9.17) is 5.11 Å². The number of nitrogens with one attached hydrogen (secondary N) is 1. The molecule has 0 amide bonds. The molecule has 1 fully saturated rings. The van der Waals surface area contributed by atoms with E-state index in [0.29, 0.717) is 5.92 Å². The van der Waals surface area contributed by atoms with Gasteiger partial charge in [0, 0.05) is 29.4 Å². The lowest BCUT2D eigenvalue weighted by Gasteiger charge is -2.04. The van der Waals surface area contributed by atoms with E-state index in [1.165, 1.54) is 12.8 Å². The largest absolute Gasteiger partial charge is 0.391 e. The van der Waals surface area contributed by atoms with Crippen LogP contribution >= 0.6 is 22.9 Å². The molecule has 1 aliphatic rings. The summed E-state index contributed by atoms with van der Waals surface area (Å²) >= 11 is 2.05. The normalized spacial score (nSPS) is 23.2. The Labute approximate surface area is 63.2 Å². The van der Waals surface area contributed by atoms with Gasteiger partial charge in [-0.2, -0.15) is 0 Å². The van der Waals surface area contributed by atoms with Gasteiger partial charge in [0.1, 0.15) is 0 Å². The maximum atomic E-state index is 9.12. The Morgan fingerprint density at radius 1 is 1.75 bits per heavy atom. The highest BCUT2D eigenvalue weighted by molar-refractivity contribution is 14.1. The minimum absolute atomic E-state index is 0.0908. The molecule has 48 valence electrons. The highest BCUT2D eigenvalue weighted by Gasteiger charge is 2.28. The van der Waals surface area contributed by atoms with E-state index in [0.717, 1.165) is 6.54 Å². The molecule has 3 heteroatoms. The average molecular weight is 227 g/mol. The lowest BCUT2D eigenvalue weighted by molar-refractivity contribution is 0.157. The second-order valence-corrected chi connectivity index (χ2v) is 3.01. The van der Waals surface area contributed by atoms with Crippen molar-refractivity contribution in [3.8, 4) is 0 Å². The molecule has 1 saturated carbocycles. The van der Waals surface area contributed by atoms with Crippen molar-refractivity contribution >= 4 is 22.9 Å². The minimum atomic E-state index is -0.0908. The first-order valence-electron chi connectivity index (χ1n) is 2.86. The maximum Gasteiger partial charge on any atom is 0.0700 e. The summed E-state index contributed by atoms with van der Waals surface area (Å²) in [6, 6.07) is 0. The highest BCUT2D eigenvalue weighted by Crippen LogP contribution is 2.32. The summed E-state index contributed by atoms with van der Waals surface area (Å²) < 4.78 is 2.91. The molecule has 0 heterocycles. The maximum absolute atomic E-state index is 9.12. The fraction of sp³-hybridized carbons (Fsp3) is 1.00. The van der Waals surface area contributed by atoms with Gasteiger partial charge in [0.05, 0.1) is 6.10 Å². The fourth-order valence-electron chi connectivity index (χ4n) is 0.727. The molecule has 1 aliphatic carbocycles. The lowest BCUT2D eigenvalue weighted by Crippen LogP contribution is -2.21. The molecule has 8 heavy (non-hydrogen) atoms. The van der Waals surface area contributed by atoms with E-state index in [-0.39, 0.29) is 6.10 Å². The molecule has 0 aromatic carbocycles. The van der Waals surface area contributed by atoms with Gasteiger partial charge in [0.2, 0.25) is 0 Å². The molecule has 0 aliphatic heterocycles. The van der Waals surface area contributed by atoms with Crippen LogP contribution < -0.4 is 3.53 Å². The smallest absolute Gasteiger partial charge is 0.0700 e. The first-order valence-corrected chi connectivity index (χ1v) is 3.94. The van der Waals surface area contributed by atoms with Gasteiger partial charge in [-0.15, -0.1) is 0 Å². The molecular formula is C5H10INO. The van der Waals surface area contributed by atoms with Gasteiger partial charge in [-0.25, -0.2) is 0 Å². The third-order valence-electron chi connectivity index (χ3n) is 1.45. The second kappa shape index (κ2) is 2.98. The van der Waals surface area contributed by atoms with Crippen molar-refractivity contribution in [2.75, 3.05) is 6.54 Å². The Morgan fingerprint density at radius 2 is 2.38 bits per heavy atom. The molecule has 0 spiro atoms. The second-order valence-electron chi connectivity index (χ2n) is 2.24. The summed E-state index contributed by atoms with van der Waals surface area (Å²) in [4.78, 5) is 0. The summed E-state index contributed by atoms with van der Waals surface area (Å²) in [5.41, 5.74) is 0. The molecule has 0 radical (unpaired) electrons. The van der Waals surface area contributed by atoms with Crippen LogP contribution in [0.15, 0.2) is 0 Å². The van der Waals surface area contributed by atoms with Crippen LogP contribution in [0, 0.1) is 5.92 Å². The van der Waals surface area contributed by atoms with Crippen molar-refractivity contribution in [3.63, 3.8) is 0 Å². The summed E-state index contributed by atoms with van der Waals surface area (Å²) in [5.74, 6) is 0.609. The van der Waals surface area contributed by atoms with Gasteiger partial charge >= 0.3 is 0 Å². The van der Waals surface area contributed by atoms with Crippen LogP contribution in [0.1, 0.15) is 12.8 Å². The molecule has 0 aromatic rings. The monoisotopic (exact) mass is 227 g/mol. The first-order chi connectivity index (χ1) is 3.84. The topological polar surface area (TPSA) is 32.3 Å². The van der Waals surface area contributed by atoms with Gasteiger partial charge in [0.25, 0.3) is 0 Å². The predicted molar refractivity (Wildman–Crippen MR) is 40.8 cm³/mol. The van der Waals surface area contributed by atoms with Gasteiger partial charge in [0.15, 0.2) is 0 Å². The van der Waals surface area contributed by atoms with Crippen molar-refractivity contribution in [1.29, 1.82) is 0 Å². The summed E-state index contributed by atoms with van der Waals surface area (Å²) in [6.07, 6.45) is 2.35. The molecule has 0 aromatic heterocycles. The van der Waals surface area contributed by atoms with Crippen LogP contribution in [0.25, 0.3) is 0 Å². The average Bonchev–Trinajstić information content (AvgIpc) is 2.45. The van der Waals surface area contributed by atoms with E-state index >= 15 is 0 Å². The molecular weight excluding hydrogens is 217 g/mol. The van der Waals surface area contributed by atoms with E-state index in [2.05, 4.69) is 26.4 Å². The molecule has 0 bridgehead atoms. The molecule has 2 nitrogen and oxygen atoms in total. The number of aliphatic hydroxyl groups is 1. The molecule has 1 unspecified atom stereocenters. The van der Waals surface area contributed by atoms with Gasteiger partial charge in [-0.05, 0) is 18.8 Å². The quantitative estimate of drug-likeness (QED) is 0.549. The highest BCUT2D eigenvalue weighted by atomic mass is 127. The number of hydrogen-bond donors (Lipinski definition) is 2. The van der Waals surface area contributed by atoms with Gasteiger partial charge < -0.3 is 5.11 Å². The Bertz CT molecular complexity index is 74.8. The van der Waals surface area contributed by atoms with Gasteiger partial charge in [-0.3, -0.25) is 3.53 Å². The van der Waals surface area contributed by atoms with Crippen molar-refractivity contribution in [3.05, 3.63) is 0 Å². The number of aliphatic hydroxyl groups excluding tert-OH is 1. The van der Waals surface area contributed by atoms with Gasteiger partial charge in [-0.1, -0.05) is 0 Å². The standard InChI is InChI=1S/C5H10INO/c6-7-3-5(8)4-1-2-4/h4-5,7-8H,1-3H2. The van der Waals surface area contributed by atoms with E-state index in [9.17, 15) is 0 Å². The minimum Gasteiger partial charge on any atom is -0.391 e. The third-order valence-corrected chi connectivity index (χ3v) is 1.89. The summed E-state index contributed by atoms with van der Waals surface area (Å²) in [5, 5.41) is 9.12. The van der Waals surface area contributed by atoms with E-state index in [1.54, 1.807) is 0 Å². The fourth-order valence-corrected chi connectivity index (χ4v) is 1.18. The van der Waals surface area contributed by atoms with Crippen molar-refractivity contribution in [2.24, 2.45) is 5.92 Å². The Kier molecular flexibility index (Phi) is 2.52. The van der Waals surface area contributed by atoms with Crippen LogP contribution in [0.5, 0.6) is 0 Å². The van der Waals surface area contributed by atoms with E-state index in [1.807, 2.05) is 0 Å². The van der Waals surface area contributed by atoms with Crippen LogP contribution in [-0.2, 0) is 0 Å². The van der Waals surface area contributed by atoms with Crippen LogP contribution in [0.2, 0.25) is 0 Å². The Morgan fingerprint density at radius 3 is 2.75 bits per heavy atom. The Hall–Kier alpha value is 0.650. The number of halogens is 1.